The Morgan fingerprint density at radius 1 is 0.922 bits per heavy atom. The molecule has 1 aromatic heterocycles. The molecular weight excluding hydrogens is 694 g/mol. The van der Waals surface area contributed by atoms with Crippen molar-refractivity contribution in [1.29, 1.82) is 0 Å². The Hall–Kier alpha value is -4.97. The molecule has 2 amide bonds. The van der Waals surface area contributed by atoms with Crippen molar-refractivity contribution in [3.63, 3.8) is 0 Å². The first-order valence-electron chi connectivity index (χ1n) is 15.2. The van der Waals surface area contributed by atoms with Crippen LogP contribution in [0.15, 0.2) is 54.6 Å². The Labute approximate surface area is 288 Å². The van der Waals surface area contributed by atoms with Gasteiger partial charge in [0, 0.05) is 35.3 Å². The van der Waals surface area contributed by atoms with Crippen LogP contribution in [0.5, 0.6) is 5.75 Å². The minimum atomic E-state index is -5.08. The van der Waals surface area contributed by atoms with Gasteiger partial charge in [0.05, 0.1) is 17.5 Å². The van der Waals surface area contributed by atoms with Crippen LogP contribution in [0.4, 0.5) is 26.3 Å². The Morgan fingerprint density at radius 2 is 1.47 bits per heavy atom. The predicted octanol–water partition coefficient (Wildman–Crippen LogP) is 5.36. The Bertz CT molecular complexity index is 1640. The van der Waals surface area contributed by atoms with Crippen LogP contribution in [0.3, 0.4) is 0 Å². The molecule has 3 aromatic rings. The first-order valence-corrected chi connectivity index (χ1v) is 15.2. The lowest BCUT2D eigenvalue weighted by Crippen LogP contribution is -2.57. The molecule has 0 radical (unpaired) electrons. The zero-order chi connectivity index (χ0) is 38.7. The van der Waals surface area contributed by atoms with Gasteiger partial charge in [-0.3, -0.25) is 19.8 Å². The van der Waals surface area contributed by atoms with Gasteiger partial charge in [0.2, 0.25) is 5.91 Å². The molecule has 0 unspecified atom stereocenters. The van der Waals surface area contributed by atoms with E-state index in [0.717, 1.165) is 35.2 Å². The summed E-state index contributed by atoms with van der Waals surface area (Å²) in [6.07, 6.45) is -9.61. The van der Waals surface area contributed by atoms with E-state index in [0.29, 0.717) is 30.9 Å². The predicted molar refractivity (Wildman–Crippen MR) is 170 cm³/mol. The normalized spacial score (nSPS) is 16.5. The van der Waals surface area contributed by atoms with Gasteiger partial charge < -0.3 is 25.2 Å². The fourth-order valence-electron chi connectivity index (χ4n) is 5.01. The van der Waals surface area contributed by atoms with E-state index in [1.54, 1.807) is 29.7 Å². The number of aliphatic carboxylic acids is 2. The number of carbonyl (C=O) groups excluding carboxylic acids is 2. The number of benzene rings is 2. The number of hydrogen-bond donors (Lipinski definition) is 5. The number of carboxylic acids is 2. The summed E-state index contributed by atoms with van der Waals surface area (Å²) >= 11 is 0. The second kappa shape index (κ2) is 17.8. The minimum absolute atomic E-state index is 0.0950. The van der Waals surface area contributed by atoms with Gasteiger partial charge in [-0.05, 0) is 61.7 Å². The smallest absolute Gasteiger partial charge is 0.489 e. The Balaban J connectivity index is 0.000000543. The van der Waals surface area contributed by atoms with E-state index >= 15 is 0 Å². The van der Waals surface area contributed by atoms with E-state index in [2.05, 4.69) is 36.0 Å². The van der Waals surface area contributed by atoms with Gasteiger partial charge in [-0.1, -0.05) is 39.0 Å². The molecule has 4 rings (SSSR count). The molecule has 0 spiro atoms. The third-order valence-electron chi connectivity index (χ3n) is 7.08. The zero-order valence-corrected chi connectivity index (χ0v) is 27.9. The lowest BCUT2D eigenvalue weighted by molar-refractivity contribution is -0.193. The molecule has 51 heavy (non-hydrogen) atoms. The third kappa shape index (κ3) is 14.1. The third-order valence-corrected chi connectivity index (χ3v) is 7.08. The fraction of sp³-hybridized carbons (Fsp3) is 0.424. The van der Waals surface area contributed by atoms with Crippen LogP contribution in [0.2, 0.25) is 0 Å². The van der Waals surface area contributed by atoms with E-state index in [4.69, 9.17) is 24.5 Å². The van der Waals surface area contributed by atoms with Crippen LogP contribution in [0, 0.1) is 18.3 Å². The number of hydrogen-bond acceptors (Lipinski definition) is 8. The largest absolute Gasteiger partial charge is 0.490 e. The molecule has 1 aliphatic heterocycles. The number of amides is 2. The highest BCUT2D eigenvalue weighted by atomic mass is 19.4. The number of para-hydroxylation sites is 1. The number of aromatic nitrogens is 1. The lowest BCUT2D eigenvalue weighted by atomic mass is 9.88. The summed E-state index contributed by atoms with van der Waals surface area (Å²) in [5, 5.41) is 27.5. The number of pyridine rings is 1. The topological polar surface area (TPSA) is 178 Å². The van der Waals surface area contributed by atoms with Crippen LogP contribution < -0.4 is 15.5 Å². The van der Waals surface area contributed by atoms with Gasteiger partial charge >= 0.3 is 24.3 Å². The summed E-state index contributed by atoms with van der Waals surface area (Å²) in [5.74, 6) is -6.09. The lowest BCUT2D eigenvalue weighted by Gasteiger charge is -2.40. The standard InChI is InChI=1S/C29H36N4O4.2C2HF3O2/c1-19-15-21(23-7-5-6-8-25(23)30-19)17-37-22-11-9-20(10-12-22)27(34)31-26-16-33(18-29(2,3)4)14-13-24(26)28(35)32-36;2*3-2(4,5)1(6)7/h5-12,15,24,26,36H,13-14,16-18H2,1-4H3,(H,31,34)(H,32,35);2*(H,6,7)/t24-,26+;;/m0../s1. The number of fused-ring (bicyclic) bond motifs is 1. The number of hydroxylamine groups is 1. The number of piperidine rings is 1. The number of carboxylic acid groups (broad SMARTS) is 2. The maximum absolute atomic E-state index is 13.1. The Kier molecular flexibility index (Phi) is 14.7. The van der Waals surface area contributed by atoms with Crippen LogP contribution in [0.1, 0.15) is 48.8 Å². The van der Waals surface area contributed by atoms with Crippen LogP contribution >= 0.6 is 0 Å². The van der Waals surface area contributed by atoms with Crippen LogP contribution in [-0.4, -0.2) is 87.1 Å². The zero-order valence-electron chi connectivity index (χ0n) is 27.9. The molecular formula is C33H38F6N4O8. The number of halogens is 6. The quantitative estimate of drug-likeness (QED) is 0.121. The summed E-state index contributed by atoms with van der Waals surface area (Å²) in [6.45, 7) is 11.0. The summed E-state index contributed by atoms with van der Waals surface area (Å²) in [4.78, 5) is 50.0. The molecule has 0 aliphatic carbocycles. The van der Waals surface area contributed by atoms with Crippen molar-refractivity contribution in [2.75, 3.05) is 19.6 Å². The molecule has 2 heterocycles. The van der Waals surface area contributed by atoms with Crippen molar-refractivity contribution < 1.29 is 65.7 Å². The molecule has 0 bridgehead atoms. The first kappa shape index (κ1) is 42.2. The molecule has 18 heteroatoms. The fourth-order valence-corrected chi connectivity index (χ4v) is 5.01. The van der Waals surface area contributed by atoms with Crippen LogP contribution in [0.25, 0.3) is 10.9 Å². The number of nitrogens with zero attached hydrogens (tertiary/aromatic N) is 2. The number of rotatable bonds is 7. The molecule has 1 fully saturated rings. The monoisotopic (exact) mass is 732 g/mol. The minimum Gasteiger partial charge on any atom is -0.489 e. The van der Waals surface area contributed by atoms with Crippen molar-refractivity contribution in [2.45, 2.75) is 59.1 Å². The summed E-state index contributed by atoms with van der Waals surface area (Å²) in [7, 11) is 0. The maximum atomic E-state index is 13.1. The van der Waals surface area contributed by atoms with Crippen molar-refractivity contribution in [1.82, 2.24) is 20.7 Å². The van der Waals surface area contributed by atoms with E-state index in [9.17, 15) is 41.1 Å². The van der Waals surface area contributed by atoms with Gasteiger partial charge in [0.25, 0.3) is 5.91 Å². The number of aryl methyl sites for hydroxylation is 1. The van der Waals surface area contributed by atoms with Gasteiger partial charge in [0.1, 0.15) is 12.4 Å². The van der Waals surface area contributed by atoms with E-state index < -0.39 is 42.2 Å². The molecule has 280 valence electrons. The second-order valence-corrected chi connectivity index (χ2v) is 12.6. The molecule has 12 nitrogen and oxygen atoms in total. The van der Waals surface area contributed by atoms with Gasteiger partial charge in [-0.25, -0.2) is 15.1 Å². The molecule has 1 saturated heterocycles. The van der Waals surface area contributed by atoms with E-state index in [-0.39, 0.29) is 11.3 Å². The Morgan fingerprint density at radius 3 is 1.98 bits per heavy atom. The molecule has 2 aromatic carbocycles. The maximum Gasteiger partial charge on any atom is 0.490 e. The average molecular weight is 733 g/mol. The average Bonchev–Trinajstić information content (AvgIpc) is 3.02. The summed E-state index contributed by atoms with van der Waals surface area (Å²) < 4.78 is 69.5. The van der Waals surface area contributed by atoms with Crippen LogP contribution in [-0.2, 0) is 21.0 Å². The molecule has 1 aliphatic rings. The summed E-state index contributed by atoms with van der Waals surface area (Å²) in [5.41, 5.74) is 5.25. The highest BCUT2D eigenvalue weighted by Gasteiger charge is 2.39. The SMILES string of the molecule is Cc1cc(COc2ccc(C(=O)N[C@@H]3CN(CC(C)(C)C)CC[C@@H]3C(=O)NO)cc2)c2ccccc2n1.O=C(O)C(F)(F)F.O=C(O)C(F)(F)F. The van der Waals surface area contributed by atoms with Gasteiger partial charge in [-0.2, -0.15) is 26.3 Å². The first-order chi connectivity index (χ1) is 23.5. The molecule has 0 saturated carbocycles. The van der Waals surface area contributed by atoms with E-state index in [1.807, 2.05) is 37.3 Å². The van der Waals surface area contributed by atoms with Crippen molar-refractivity contribution >= 4 is 34.7 Å². The number of carbonyl (C=O) groups is 4. The summed E-state index contributed by atoms with van der Waals surface area (Å²) in [6, 6.07) is 16.6. The van der Waals surface area contributed by atoms with Gasteiger partial charge in [0.15, 0.2) is 0 Å². The highest BCUT2D eigenvalue weighted by molar-refractivity contribution is 5.95. The number of alkyl halides is 6. The van der Waals surface area contributed by atoms with Gasteiger partial charge in [-0.15, -0.1) is 0 Å². The number of ether oxygens (including phenoxy) is 1. The van der Waals surface area contributed by atoms with E-state index in [1.165, 1.54) is 0 Å². The molecule has 2 atom stereocenters. The number of nitrogens with one attached hydrogen (secondary N) is 2. The van der Waals surface area contributed by atoms with Crippen molar-refractivity contribution in [2.24, 2.45) is 11.3 Å². The highest BCUT2D eigenvalue weighted by Crippen LogP contribution is 2.24. The second-order valence-electron chi connectivity index (χ2n) is 12.6. The number of likely N-dealkylation sites (tertiary alicyclic amines) is 1. The van der Waals surface area contributed by atoms with Crippen molar-refractivity contribution in [3.8, 4) is 5.75 Å². The molecule has 5 N–H and O–H groups in total. The van der Waals surface area contributed by atoms with Crippen molar-refractivity contribution in [3.05, 3.63) is 71.4 Å².